The van der Waals surface area contributed by atoms with Crippen molar-refractivity contribution in [2.24, 2.45) is 5.92 Å². The molecule has 1 heterocycles. The van der Waals surface area contributed by atoms with Gasteiger partial charge in [0.2, 0.25) is 11.8 Å². The van der Waals surface area contributed by atoms with Crippen LogP contribution in [0.1, 0.15) is 40.0 Å². The number of rotatable bonds is 6. The van der Waals surface area contributed by atoms with E-state index >= 15 is 0 Å². The number of anilines is 2. The van der Waals surface area contributed by atoms with Crippen molar-refractivity contribution in [2.45, 2.75) is 40.0 Å². The largest absolute Gasteiger partial charge is 0.332 e. The van der Waals surface area contributed by atoms with E-state index in [1.807, 2.05) is 39.0 Å². The second-order valence-electron chi connectivity index (χ2n) is 6.10. The van der Waals surface area contributed by atoms with E-state index < -0.39 is 0 Å². The van der Waals surface area contributed by atoms with Crippen LogP contribution in [0.25, 0.3) is 10.2 Å². The Morgan fingerprint density at radius 3 is 2.68 bits per heavy atom. The molecule has 0 aliphatic rings. The van der Waals surface area contributed by atoms with Gasteiger partial charge in [-0.05, 0) is 42.8 Å². The van der Waals surface area contributed by atoms with Gasteiger partial charge in [-0.15, -0.1) is 0 Å². The number of benzene rings is 1. The van der Waals surface area contributed by atoms with E-state index in [-0.39, 0.29) is 22.8 Å². The number of aromatic nitrogens is 1. The summed E-state index contributed by atoms with van der Waals surface area (Å²) in [6.45, 7) is 5.91. The topological polar surface area (TPSA) is 83.1 Å². The second-order valence-corrected chi connectivity index (χ2v) is 7.54. The Kier molecular flexibility index (Phi) is 6.83. The van der Waals surface area contributed by atoms with Gasteiger partial charge in [0.25, 0.3) is 0 Å². The van der Waals surface area contributed by atoms with Crippen molar-refractivity contribution in [1.29, 1.82) is 0 Å². The Balaban J connectivity index is 2.01. The van der Waals surface area contributed by atoms with Crippen molar-refractivity contribution in [2.75, 3.05) is 10.6 Å². The fourth-order valence-corrected chi connectivity index (χ4v) is 3.33. The van der Waals surface area contributed by atoms with Gasteiger partial charge in [-0.3, -0.25) is 9.59 Å². The minimum Gasteiger partial charge on any atom is -0.332 e. The average Bonchev–Trinajstić information content (AvgIpc) is 2.87. The highest BCUT2D eigenvalue weighted by Crippen LogP contribution is 2.28. The highest BCUT2D eigenvalue weighted by molar-refractivity contribution is 7.80. The number of carbonyl (C=O) groups is 2. The van der Waals surface area contributed by atoms with Gasteiger partial charge in [0.15, 0.2) is 10.2 Å². The van der Waals surface area contributed by atoms with Crippen LogP contribution in [0, 0.1) is 5.92 Å². The first-order valence-corrected chi connectivity index (χ1v) is 9.41. The Hall–Kier alpha value is -2.06. The number of nitrogens with zero attached hydrogens (tertiary/aromatic N) is 1. The molecule has 0 unspecified atom stereocenters. The maximum absolute atomic E-state index is 11.7. The number of thiocarbonyl (C=S) groups is 1. The van der Waals surface area contributed by atoms with Crippen LogP contribution < -0.4 is 16.0 Å². The zero-order chi connectivity index (χ0) is 18.4. The van der Waals surface area contributed by atoms with Gasteiger partial charge >= 0.3 is 0 Å². The number of hydrogen-bond acceptors (Lipinski definition) is 5. The number of amides is 2. The third-order valence-corrected chi connectivity index (χ3v) is 4.35. The summed E-state index contributed by atoms with van der Waals surface area (Å²) >= 11 is 6.57. The first kappa shape index (κ1) is 19.3. The lowest BCUT2D eigenvalue weighted by Gasteiger charge is -2.10. The fraction of sp³-hybridized carbons (Fsp3) is 0.412. The number of nitrogens with one attached hydrogen (secondary N) is 3. The molecule has 0 saturated carbocycles. The highest BCUT2D eigenvalue weighted by atomic mass is 32.1. The van der Waals surface area contributed by atoms with Gasteiger partial charge in [0, 0.05) is 18.5 Å². The molecule has 2 aromatic rings. The molecule has 0 spiro atoms. The summed E-state index contributed by atoms with van der Waals surface area (Å²) in [5, 5.41) is 9.32. The Labute approximate surface area is 156 Å². The van der Waals surface area contributed by atoms with Crippen molar-refractivity contribution in [3.8, 4) is 0 Å². The number of thiazole rings is 1. The molecule has 1 aromatic carbocycles. The molecule has 0 bridgehead atoms. The highest BCUT2D eigenvalue weighted by Gasteiger charge is 2.10. The van der Waals surface area contributed by atoms with E-state index in [9.17, 15) is 9.59 Å². The minimum absolute atomic E-state index is 0.0334. The quantitative estimate of drug-likeness (QED) is 0.664. The molecule has 0 aliphatic carbocycles. The summed E-state index contributed by atoms with van der Waals surface area (Å²) in [6.07, 6.45) is 1.70. The lowest BCUT2D eigenvalue weighted by atomic mass is 10.1. The molecule has 25 heavy (non-hydrogen) atoms. The normalized spacial score (nSPS) is 10.7. The van der Waals surface area contributed by atoms with E-state index in [1.54, 1.807) is 0 Å². The van der Waals surface area contributed by atoms with Gasteiger partial charge in [-0.1, -0.05) is 32.1 Å². The van der Waals surface area contributed by atoms with Crippen LogP contribution in [0.15, 0.2) is 18.2 Å². The second kappa shape index (κ2) is 8.87. The van der Waals surface area contributed by atoms with E-state index in [0.717, 1.165) is 22.3 Å². The Morgan fingerprint density at radius 2 is 2.00 bits per heavy atom. The molecule has 134 valence electrons. The van der Waals surface area contributed by atoms with Crippen LogP contribution in [0.5, 0.6) is 0 Å². The van der Waals surface area contributed by atoms with Gasteiger partial charge in [-0.2, -0.15) is 0 Å². The van der Waals surface area contributed by atoms with E-state index in [0.29, 0.717) is 18.0 Å². The zero-order valence-electron chi connectivity index (χ0n) is 14.5. The first-order valence-electron chi connectivity index (χ1n) is 8.18. The predicted molar refractivity (Wildman–Crippen MR) is 107 cm³/mol. The molecule has 0 fully saturated rings. The molecule has 6 nitrogen and oxygen atoms in total. The molecule has 0 saturated heterocycles. The summed E-state index contributed by atoms with van der Waals surface area (Å²) < 4.78 is 0.924. The number of fused-ring (bicyclic) bond motifs is 1. The van der Waals surface area contributed by atoms with E-state index in [4.69, 9.17) is 12.2 Å². The molecule has 2 rings (SSSR count). The maximum Gasteiger partial charge on any atom is 0.226 e. The van der Waals surface area contributed by atoms with Gasteiger partial charge in [0.1, 0.15) is 0 Å². The van der Waals surface area contributed by atoms with Crippen molar-refractivity contribution >= 4 is 61.5 Å². The van der Waals surface area contributed by atoms with Crippen LogP contribution >= 0.6 is 23.6 Å². The summed E-state index contributed by atoms with van der Waals surface area (Å²) in [5.74, 6) is 0.138. The van der Waals surface area contributed by atoms with Crippen molar-refractivity contribution in [3.05, 3.63) is 18.2 Å². The fourth-order valence-electron chi connectivity index (χ4n) is 2.18. The summed E-state index contributed by atoms with van der Waals surface area (Å²) in [4.78, 5) is 27.8. The summed E-state index contributed by atoms with van der Waals surface area (Å²) in [7, 11) is 0. The van der Waals surface area contributed by atoms with E-state index in [2.05, 4.69) is 20.9 Å². The number of hydrogen-bond donors (Lipinski definition) is 3. The summed E-state index contributed by atoms with van der Waals surface area (Å²) in [6, 6.07) is 5.58. The van der Waals surface area contributed by atoms with Gasteiger partial charge < -0.3 is 16.0 Å². The summed E-state index contributed by atoms with van der Waals surface area (Å²) in [5.41, 5.74) is 1.56. The maximum atomic E-state index is 11.7. The third kappa shape index (κ3) is 6.06. The number of carbonyl (C=O) groups excluding carboxylic acids is 2. The first-order chi connectivity index (χ1) is 11.9. The lowest BCUT2D eigenvalue weighted by Crippen LogP contribution is -2.34. The zero-order valence-corrected chi connectivity index (χ0v) is 16.1. The van der Waals surface area contributed by atoms with Crippen molar-refractivity contribution in [3.63, 3.8) is 0 Å². The minimum atomic E-state index is -0.104. The SMILES string of the molecule is CCCC(=O)Nc1nc2ccc(NC(=S)NC(=O)CC(C)C)cc2s1. The third-order valence-electron chi connectivity index (χ3n) is 3.22. The molecule has 0 atom stereocenters. The molecule has 8 heteroatoms. The predicted octanol–water partition coefficient (Wildman–Crippen LogP) is 3.89. The smallest absolute Gasteiger partial charge is 0.226 e. The van der Waals surface area contributed by atoms with Gasteiger partial charge in [-0.25, -0.2) is 4.98 Å². The standard InChI is InChI=1S/C17H22N4O2S2/c1-4-5-14(22)21-17-19-12-7-6-11(9-13(12)25-17)18-16(24)20-15(23)8-10(2)3/h6-7,9-10H,4-5,8H2,1-3H3,(H,19,21,22)(H2,18,20,23,24). The molecular formula is C17H22N4O2S2. The molecule has 0 aliphatic heterocycles. The Bertz CT molecular complexity index is 786. The molecule has 0 radical (unpaired) electrons. The van der Waals surface area contributed by atoms with Crippen LogP contribution in [0.4, 0.5) is 10.8 Å². The Morgan fingerprint density at radius 1 is 1.24 bits per heavy atom. The average molecular weight is 379 g/mol. The van der Waals surface area contributed by atoms with Gasteiger partial charge in [0.05, 0.1) is 10.2 Å². The molecule has 1 aromatic heterocycles. The van der Waals surface area contributed by atoms with Crippen LogP contribution in [0.2, 0.25) is 0 Å². The monoisotopic (exact) mass is 378 g/mol. The molecular weight excluding hydrogens is 356 g/mol. The van der Waals surface area contributed by atoms with E-state index in [1.165, 1.54) is 11.3 Å². The van der Waals surface area contributed by atoms with Crippen molar-refractivity contribution in [1.82, 2.24) is 10.3 Å². The lowest BCUT2D eigenvalue weighted by molar-refractivity contribution is -0.120. The molecule has 2 amide bonds. The van der Waals surface area contributed by atoms with Crippen LogP contribution in [-0.4, -0.2) is 21.9 Å². The van der Waals surface area contributed by atoms with Crippen LogP contribution in [-0.2, 0) is 9.59 Å². The van der Waals surface area contributed by atoms with Crippen LogP contribution in [0.3, 0.4) is 0 Å². The van der Waals surface area contributed by atoms with Crippen molar-refractivity contribution < 1.29 is 9.59 Å². The molecule has 3 N–H and O–H groups in total.